The van der Waals surface area contributed by atoms with Crippen LogP contribution < -0.4 is 10.1 Å². The number of hydrogen-bond donors (Lipinski definition) is 1. The highest BCUT2D eigenvalue weighted by molar-refractivity contribution is 6.31. The predicted octanol–water partition coefficient (Wildman–Crippen LogP) is 4.45. The minimum atomic E-state index is -0.485. The normalized spacial score (nSPS) is 14.7. The van der Waals surface area contributed by atoms with Gasteiger partial charge in [0.15, 0.2) is 0 Å². The number of ether oxygens (including phenoxy) is 1. The Hall–Kier alpha value is -3.43. The number of benzene rings is 2. The molecule has 2 heterocycles. The van der Waals surface area contributed by atoms with Crippen LogP contribution in [0.1, 0.15) is 19.4 Å². The van der Waals surface area contributed by atoms with Crippen LogP contribution in [0.3, 0.4) is 0 Å². The van der Waals surface area contributed by atoms with E-state index in [2.05, 4.69) is 56.8 Å². The zero-order chi connectivity index (χ0) is 25.0. The second-order valence-electron chi connectivity index (χ2n) is 8.78. The molecule has 1 aliphatic heterocycles. The van der Waals surface area contributed by atoms with Crippen molar-refractivity contribution in [3.05, 3.63) is 53.1 Å². The van der Waals surface area contributed by atoms with Gasteiger partial charge in [0.1, 0.15) is 23.7 Å². The smallest absolute Gasteiger partial charge is 0.141 e. The standard InChI is InChI=1S/C26H26ClFN6O/c1-26(2,34-12-10-33(9-8-29)11-13-34)7-6-18-14-23-20(16-24(18)35-3)25(31-17-30-23)32-19-4-5-22(28)21(27)15-19/h4-5,14-17H,9-13H2,1-3H3,(H,30,31,32). The fourth-order valence-corrected chi connectivity index (χ4v) is 4.20. The molecule has 1 N–H and O–H groups in total. The summed E-state index contributed by atoms with van der Waals surface area (Å²) in [6, 6.07) is 10.3. The van der Waals surface area contributed by atoms with Gasteiger partial charge in [0.2, 0.25) is 0 Å². The molecule has 0 aliphatic carbocycles. The van der Waals surface area contributed by atoms with Crippen LogP contribution in [0.2, 0.25) is 5.02 Å². The second-order valence-corrected chi connectivity index (χ2v) is 9.18. The first-order valence-electron chi connectivity index (χ1n) is 11.2. The third kappa shape index (κ3) is 5.63. The van der Waals surface area contributed by atoms with Crippen molar-refractivity contribution in [2.24, 2.45) is 0 Å². The van der Waals surface area contributed by atoms with Gasteiger partial charge in [-0.15, -0.1) is 0 Å². The first-order chi connectivity index (χ1) is 16.8. The fourth-order valence-electron chi connectivity index (χ4n) is 4.02. The fraction of sp³-hybridized carbons (Fsp3) is 0.346. The molecule has 0 radical (unpaired) electrons. The summed E-state index contributed by atoms with van der Waals surface area (Å²) < 4.78 is 19.2. The molecule has 1 saturated heterocycles. The van der Waals surface area contributed by atoms with Crippen molar-refractivity contribution in [1.82, 2.24) is 19.8 Å². The molecule has 35 heavy (non-hydrogen) atoms. The van der Waals surface area contributed by atoms with E-state index in [-0.39, 0.29) is 10.6 Å². The maximum atomic E-state index is 13.5. The zero-order valence-corrected chi connectivity index (χ0v) is 20.7. The Morgan fingerprint density at radius 3 is 2.63 bits per heavy atom. The molecule has 1 aromatic heterocycles. The first-order valence-corrected chi connectivity index (χ1v) is 11.6. The molecule has 1 aliphatic rings. The Kier molecular flexibility index (Phi) is 7.37. The van der Waals surface area contributed by atoms with E-state index in [1.165, 1.54) is 18.5 Å². The Labute approximate surface area is 209 Å². The van der Waals surface area contributed by atoms with Crippen molar-refractivity contribution < 1.29 is 9.13 Å². The highest BCUT2D eigenvalue weighted by Gasteiger charge is 2.28. The molecule has 4 rings (SSSR count). The van der Waals surface area contributed by atoms with Gasteiger partial charge in [-0.1, -0.05) is 23.4 Å². The van der Waals surface area contributed by atoms with E-state index in [4.69, 9.17) is 21.6 Å². The Balaban J connectivity index is 1.61. The van der Waals surface area contributed by atoms with Gasteiger partial charge in [-0.05, 0) is 44.2 Å². The molecule has 9 heteroatoms. The van der Waals surface area contributed by atoms with Gasteiger partial charge < -0.3 is 10.1 Å². The van der Waals surface area contributed by atoms with Crippen molar-refractivity contribution in [2.75, 3.05) is 45.2 Å². The maximum Gasteiger partial charge on any atom is 0.141 e. The quantitative estimate of drug-likeness (QED) is 0.416. The molecule has 1 fully saturated rings. The Morgan fingerprint density at radius 2 is 1.94 bits per heavy atom. The average molecular weight is 493 g/mol. The van der Waals surface area contributed by atoms with Crippen molar-refractivity contribution in [2.45, 2.75) is 19.4 Å². The van der Waals surface area contributed by atoms with Gasteiger partial charge in [0.25, 0.3) is 0 Å². The van der Waals surface area contributed by atoms with Gasteiger partial charge in [-0.25, -0.2) is 14.4 Å². The minimum Gasteiger partial charge on any atom is -0.495 e. The lowest BCUT2D eigenvalue weighted by atomic mass is 10.0. The van der Waals surface area contributed by atoms with Crippen LogP contribution in [0.25, 0.3) is 10.9 Å². The Morgan fingerprint density at radius 1 is 1.17 bits per heavy atom. The minimum absolute atomic E-state index is 0.0256. The summed E-state index contributed by atoms with van der Waals surface area (Å²) >= 11 is 5.91. The number of fused-ring (bicyclic) bond motifs is 1. The van der Waals surface area contributed by atoms with Crippen molar-refractivity contribution in [3.63, 3.8) is 0 Å². The molecular weight excluding hydrogens is 467 g/mol. The van der Waals surface area contributed by atoms with Crippen LogP contribution in [-0.4, -0.2) is 65.1 Å². The average Bonchev–Trinajstić information content (AvgIpc) is 2.85. The summed E-state index contributed by atoms with van der Waals surface area (Å²) in [6.07, 6.45) is 1.46. The number of piperazine rings is 1. The van der Waals surface area contributed by atoms with E-state index < -0.39 is 5.82 Å². The molecule has 2 aromatic carbocycles. The van der Waals surface area contributed by atoms with Crippen molar-refractivity contribution in [3.8, 4) is 23.7 Å². The number of nitriles is 1. The van der Waals surface area contributed by atoms with Gasteiger partial charge in [-0.3, -0.25) is 9.80 Å². The molecule has 3 aromatic rings. The molecule has 0 unspecified atom stereocenters. The highest BCUT2D eigenvalue weighted by atomic mass is 35.5. The summed E-state index contributed by atoms with van der Waals surface area (Å²) in [6.45, 7) is 8.08. The molecule has 7 nitrogen and oxygen atoms in total. The van der Waals surface area contributed by atoms with Crippen LogP contribution in [0.5, 0.6) is 5.75 Å². The van der Waals surface area contributed by atoms with E-state index in [9.17, 15) is 4.39 Å². The summed E-state index contributed by atoms with van der Waals surface area (Å²) in [5.74, 6) is 7.36. The summed E-state index contributed by atoms with van der Waals surface area (Å²) in [7, 11) is 1.60. The number of aromatic nitrogens is 2. The van der Waals surface area contributed by atoms with E-state index in [1.54, 1.807) is 13.2 Å². The van der Waals surface area contributed by atoms with E-state index >= 15 is 0 Å². The molecule has 0 saturated carbocycles. The topological polar surface area (TPSA) is 77.3 Å². The predicted molar refractivity (Wildman–Crippen MR) is 135 cm³/mol. The molecule has 0 atom stereocenters. The largest absolute Gasteiger partial charge is 0.495 e. The lowest BCUT2D eigenvalue weighted by Crippen LogP contribution is -2.54. The van der Waals surface area contributed by atoms with E-state index in [0.717, 1.165) is 37.1 Å². The van der Waals surface area contributed by atoms with Crippen molar-refractivity contribution in [1.29, 1.82) is 5.26 Å². The van der Waals surface area contributed by atoms with Crippen LogP contribution in [0.4, 0.5) is 15.9 Å². The van der Waals surface area contributed by atoms with Crippen LogP contribution >= 0.6 is 11.6 Å². The number of rotatable bonds is 5. The Bertz CT molecular complexity index is 1340. The zero-order valence-electron chi connectivity index (χ0n) is 19.9. The van der Waals surface area contributed by atoms with Gasteiger partial charge in [-0.2, -0.15) is 5.26 Å². The summed E-state index contributed by atoms with van der Waals surface area (Å²) in [4.78, 5) is 13.2. The van der Waals surface area contributed by atoms with Crippen molar-refractivity contribution >= 4 is 34.0 Å². The number of nitrogens with one attached hydrogen (secondary N) is 1. The van der Waals surface area contributed by atoms with E-state index in [0.29, 0.717) is 29.3 Å². The van der Waals surface area contributed by atoms with Crippen LogP contribution in [-0.2, 0) is 0 Å². The molecule has 180 valence electrons. The number of hydrogen-bond acceptors (Lipinski definition) is 7. The molecule has 0 bridgehead atoms. The monoisotopic (exact) mass is 492 g/mol. The third-order valence-corrected chi connectivity index (χ3v) is 6.39. The molecular formula is C26H26ClFN6O. The SMILES string of the molecule is COc1cc2c(Nc3ccc(F)c(Cl)c3)ncnc2cc1C#CC(C)(C)N1CCN(CC#N)CC1. The van der Waals surface area contributed by atoms with Gasteiger partial charge >= 0.3 is 0 Å². The third-order valence-electron chi connectivity index (χ3n) is 6.10. The molecule has 0 spiro atoms. The molecule has 0 amide bonds. The van der Waals surface area contributed by atoms with Gasteiger partial charge in [0, 0.05) is 37.3 Å². The number of halogens is 2. The summed E-state index contributed by atoms with van der Waals surface area (Å²) in [5, 5.41) is 12.9. The number of methoxy groups -OCH3 is 1. The van der Waals surface area contributed by atoms with Crippen LogP contribution in [0.15, 0.2) is 36.7 Å². The van der Waals surface area contributed by atoms with Crippen LogP contribution in [0, 0.1) is 29.0 Å². The number of anilines is 2. The maximum absolute atomic E-state index is 13.5. The second kappa shape index (κ2) is 10.5. The highest BCUT2D eigenvalue weighted by Crippen LogP contribution is 2.31. The van der Waals surface area contributed by atoms with Gasteiger partial charge in [0.05, 0.1) is 41.4 Å². The lowest BCUT2D eigenvalue weighted by Gasteiger charge is -2.40. The summed E-state index contributed by atoms with van der Waals surface area (Å²) in [5.41, 5.74) is 1.68. The lowest BCUT2D eigenvalue weighted by molar-refractivity contribution is 0.0881. The van der Waals surface area contributed by atoms with E-state index in [1.807, 2.05) is 12.1 Å². The number of nitrogens with zero attached hydrogens (tertiary/aromatic N) is 5. The first kappa shape index (κ1) is 24.7.